The highest BCUT2D eigenvalue weighted by atomic mass is 19.1. The molecule has 3 rings (SSSR count). The van der Waals surface area contributed by atoms with Crippen LogP contribution in [-0.4, -0.2) is 11.8 Å². The lowest BCUT2D eigenvalue weighted by Gasteiger charge is -2.25. The molecule has 1 aliphatic rings. The van der Waals surface area contributed by atoms with E-state index in [9.17, 15) is 14.0 Å². The number of para-hydroxylation sites is 1. The molecule has 1 atom stereocenters. The Balaban J connectivity index is 1.88. The molecule has 2 amide bonds. The van der Waals surface area contributed by atoms with Crippen molar-refractivity contribution in [2.24, 2.45) is 0 Å². The van der Waals surface area contributed by atoms with Gasteiger partial charge in [0.25, 0.3) is 0 Å². The monoisotopic (exact) mass is 298 g/mol. The fourth-order valence-electron chi connectivity index (χ4n) is 2.63. The van der Waals surface area contributed by atoms with E-state index >= 15 is 0 Å². The lowest BCUT2D eigenvalue weighted by atomic mass is 9.89. The van der Waals surface area contributed by atoms with Gasteiger partial charge in [-0.3, -0.25) is 9.59 Å². The first kappa shape index (κ1) is 14.3. The number of aryl methyl sites for hydroxylation is 1. The molecule has 1 heterocycles. The third kappa shape index (κ3) is 2.70. The Morgan fingerprint density at radius 1 is 1.27 bits per heavy atom. The largest absolute Gasteiger partial charge is 0.326 e. The molecule has 0 bridgehead atoms. The zero-order valence-corrected chi connectivity index (χ0v) is 12.0. The van der Waals surface area contributed by atoms with Crippen LogP contribution in [-0.2, 0) is 9.59 Å². The van der Waals surface area contributed by atoms with Gasteiger partial charge in [-0.15, -0.1) is 0 Å². The Morgan fingerprint density at radius 3 is 2.82 bits per heavy atom. The fourth-order valence-corrected chi connectivity index (χ4v) is 2.63. The standard InChI is InChI=1S/C17H15FN2O2/c1-10-8-11(18)6-7-14(10)20-17(22)13-9-16(21)19-15-5-3-2-4-12(13)15/h2-8,13H,9H2,1H3,(H,19,21)(H,20,22). The minimum absolute atomic E-state index is 0.100. The third-order valence-corrected chi connectivity index (χ3v) is 3.76. The molecule has 2 N–H and O–H groups in total. The number of hydrogen-bond donors (Lipinski definition) is 2. The van der Waals surface area contributed by atoms with E-state index in [2.05, 4.69) is 10.6 Å². The van der Waals surface area contributed by atoms with Gasteiger partial charge >= 0.3 is 0 Å². The Labute approximate surface area is 127 Å². The van der Waals surface area contributed by atoms with Crippen LogP contribution in [0, 0.1) is 12.7 Å². The average Bonchev–Trinajstić information content (AvgIpc) is 2.49. The molecule has 0 saturated heterocycles. The Kier molecular flexibility index (Phi) is 3.63. The number of carbonyl (C=O) groups is 2. The van der Waals surface area contributed by atoms with Crippen LogP contribution < -0.4 is 10.6 Å². The molecule has 4 nitrogen and oxygen atoms in total. The molecule has 0 aliphatic carbocycles. The molecule has 1 unspecified atom stereocenters. The van der Waals surface area contributed by atoms with E-state index < -0.39 is 5.92 Å². The van der Waals surface area contributed by atoms with Gasteiger partial charge in [-0.1, -0.05) is 18.2 Å². The van der Waals surface area contributed by atoms with Crippen LogP contribution >= 0.6 is 0 Å². The fraction of sp³-hybridized carbons (Fsp3) is 0.176. The van der Waals surface area contributed by atoms with E-state index in [-0.39, 0.29) is 24.1 Å². The molecule has 0 spiro atoms. The maximum atomic E-state index is 13.1. The Hall–Kier alpha value is -2.69. The molecule has 0 aromatic heterocycles. The molecule has 1 aliphatic heterocycles. The van der Waals surface area contributed by atoms with Crippen molar-refractivity contribution in [2.75, 3.05) is 10.6 Å². The normalized spacial score (nSPS) is 16.6. The van der Waals surface area contributed by atoms with E-state index in [1.54, 1.807) is 13.0 Å². The number of benzene rings is 2. The summed E-state index contributed by atoms with van der Waals surface area (Å²) in [5.74, 6) is -1.35. The van der Waals surface area contributed by atoms with Crippen LogP contribution in [0.3, 0.4) is 0 Å². The Bertz CT molecular complexity index is 758. The molecule has 0 radical (unpaired) electrons. The van der Waals surface area contributed by atoms with Crippen LogP contribution in [0.1, 0.15) is 23.5 Å². The first-order valence-corrected chi connectivity index (χ1v) is 7.00. The molecule has 2 aromatic rings. The van der Waals surface area contributed by atoms with E-state index in [0.29, 0.717) is 16.9 Å². The Morgan fingerprint density at radius 2 is 2.05 bits per heavy atom. The summed E-state index contributed by atoms with van der Waals surface area (Å²) in [6.45, 7) is 1.72. The van der Waals surface area contributed by atoms with Gasteiger partial charge in [-0.2, -0.15) is 0 Å². The number of hydrogen-bond acceptors (Lipinski definition) is 2. The van der Waals surface area contributed by atoms with E-state index in [0.717, 1.165) is 5.56 Å². The second-order valence-electron chi connectivity index (χ2n) is 5.34. The van der Waals surface area contributed by atoms with Crippen molar-refractivity contribution in [1.29, 1.82) is 0 Å². The number of anilines is 2. The maximum absolute atomic E-state index is 13.1. The highest BCUT2D eigenvalue weighted by molar-refractivity contribution is 6.05. The van der Waals surface area contributed by atoms with Crippen LogP contribution in [0.4, 0.5) is 15.8 Å². The molecule has 22 heavy (non-hydrogen) atoms. The van der Waals surface area contributed by atoms with E-state index in [4.69, 9.17) is 0 Å². The van der Waals surface area contributed by atoms with Crippen molar-refractivity contribution in [1.82, 2.24) is 0 Å². The summed E-state index contributed by atoms with van der Waals surface area (Å²) in [5.41, 5.74) is 2.64. The quantitative estimate of drug-likeness (QED) is 0.894. The van der Waals surface area contributed by atoms with Crippen molar-refractivity contribution in [3.63, 3.8) is 0 Å². The second kappa shape index (κ2) is 5.60. The summed E-state index contributed by atoms with van der Waals surface area (Å²) < 4.78 is 13.1. The molecule has 0 saturated carbocycles. The van der Waals surface area contributed by atoms with Crippen molar-refractivity contribution < 1.29 is 14.0 Å². The predicted molar refractivity (Wildman–Crippen MR) is 82.2 cm³/mol. The van der Waals surface area contributed by atoms with Crippen LogP contribution in [0.2, 0.25) is 0 Å². The first-order valence-electron chi connectivity index (χ1n) is 7.00. The maximum Gasteiger partial charge on any atom is 0.232 e. The molecule has 5 heteroatoms. The van der Waals surface area contributed by atoms with Crippen molar-refractivity contribution in [3.05, 3.63) is 59.4 Å². The molecule has 0 fully saturated rings. The molecular formula is C17H15FN2O2. The molecular weight excluding hydrogens is 283 g/mol. The number of fused-ring (bicyclic) bond motifs is 1. The zero-order valence-electron chi connectivity index (χ0n) is 12.0. The summed E-state index contributed by atoms with van der Waals surface area (Å²) in [7, 11) is 0. The van der Waals surface area contributed by atoms with E-state index in [1.165, 1.54) is 18.2 Å². The van der Waals surface area contributed by atoms with Gasteiger partial charge in [0.2, 0.25) is 11.8 Å². The average molecular weight is 298 g/mol. The minimum Gasteiger partial charge on any atom is -0.326 e. The van der Waals surface area contributed by atoms with Crippen LogP contribution in [0.5, 0.6) is 0 Å². The number of rotatable bonds is 2. The smallest absolute Gasteiger partial charge is 0.232 e. The number of nitrogens with one attached hydrogen (secondary N) is 2. The van der Waals surface area contributed by atoms with Gasteiger partial charge in [-0.05, 0) is 42.3 Å². The van der Waals surface area contributed by atoms with E-state index in [1.807, 2.05) is 18.2 Å². The van der Waals surface area contributed by atoms with Crippen molar-refractivity contribution >= 4 is 23.2 Å². The van der Waals surface area contributed by atoms with Gasteiger partial charge < -0.3 is 10.6 Å². The molecule has 112 valence electrons. The summed E-state index contributed by atoms with van der Waals surface area (Å²) in [6.07, 6.45) is 0.100. The number of halogens is 1. The lowest BCUT2D eigenvalue weighted by molar-refractivity contribution is -0.123. The van der Waals surface area contributed by atoms with Gasteiger partial charge in [0.15, 0.2) is 0 Å². The van der Waals surface area contributed by atoms with Gasteiger partial charge in [-0.25, -0.2) is 4.39 Å². The summed E-state index contributed by atoms with van der Waals surface area (Å²) >= 11 is 0. The number of carbonyl (C=O) groups excluding carboxylic acids is 2. The SMILES string of the molecule is Cc1cc(F)ccc1NC(=O)C1CC(=O)Nc2ccccc21. The third-order valence-electron chi connectivity index (χ3n) is 3.76. The first-order chi connectivity index (χ1) is 10.5. The molecule has 2 aromatic carbocycles. The van der Waals surface area contributed by atoms with Crippen LogP contribution in [0.25, 0.3) is 0 Å². The second-order valence-corrected chi connectivity index (χ2v) is 5.34. The zero-order chi connectivity index (χ0) is 15.7. The van der Waals surface area contributed by atoms with Gasteiger partial charge in [0.1, 0.15) is 5.82 Å². The van der Waals surface area contributed by atoms with Crippen molar-refractivity contribution in [3.8, 4) is 0 Å². The minimum atomic E-state index is -0.547. The summed E-state index contributed by atoms with van der Waals surface area (Å²) in [4.78, 5) is 24.3. The van der Waals surface area contributed by atoms with Gasteiger partial charge in [0.05, 0.1) is 5.92 Å². The van der Waals surface area contributed by atoms with Crippen molar-refractivity contribution in [2.45, 2.75) is 19.3 Å². The highest BCUT2D eigenvalue weighted by Gasteiger charge is 2.30. The van der Waals surface area contributed by atoms with Gasteiger partial charge in [0, 0.05) is 17.8 Å². The topological polar surface area (TPSA) is 58.2 Å². The predicted octanol–water partition coefficient (Wildman–Crippen LogP) is 3.20. The van der Waals surface area contributed by atoms with Crippen LogP contribution in [0.15, 0.2) is 42.5 Å². The summed E-state index contributed by atoms with van der Waals surface area (Å²) in [5, 5.41) is 5.54. The number of amides is 2. The summed E-state index contributed by atoms with van der Waals surface area (Å²) in [6, 6.07) is 11.4. The highest BCUT2D eigenvalue weighted by Crippen LogP contribution is 2.33. The lowest BCUT2D eigenvalue weighted by Crippen LogP contribution is -2.30.